The van der Waals surface area contributed by atoms with Gasteiger partial charge in [0.1, 0.15) is 5.82 Å². The number of amides is 1. The summed E-state index contributed by atoms with van der Waals surface area (Å²) in [6.07, 6.45) is 2.45. The highest BCUT2D eigenvalue weighted by Crippen LogP contribution is 2.30. The van der Waals surface area contributed by atoms with Crippen molar-refractivity contribution in [2.75, 3.05) is 36.4 Å². The van der Waals surface area contributed by atoms with Crippen molar-refractivity contribution < 1.29 is 4.79 Å². The zero-order chi connectivity index (χ0) is 21.8. The molecule has 0 atom stereocenters. The number of fused-ring (bicyclic) bond motifs is 1. The Balaban J connectivity index is 1.35. The Morgan fingerprint density at radius 3 is 2.61 bits per heavy atom. The topological polar surface area (TPSA) is 53.4 Å². The minimum atomic E-state index is 0.0428. The Morgan fingerprint density at radius 2 is 1.90 bits per heavy atom. The number of piperazine rings is 1. The van der Waals surface area contributed by atoms with Gasteiger partial charge in [0, 0.05) is 45.3 Å². The summed E-state index contributed by atoms with van der Waals surface area (Å²) < 4.78 is 2.19. The molecular weight excluding hydrogens is 410 g/mol. The summed E-state index contributed by atoms with van der Waals surface area (Å²) in [5, 5.41) is 3.62. The number of halogens is 1. The molecule has 0 spiro atoms. The van der Waals surface area contributed by atoms with Gasteiger partial charge in [-0.3, -0.25) is 9.69 Å². The molecule has 1 amide bonds. The zero-order valence-electron chi connectivity index (χ0n) is 18.3. The van der Waals surface area contributed by atoms with Crippen molar-refractivity contribution in [2.45, 2.75) is 32.7 Å². The number of anilines is 2. The van der Waals surface area contributed by atoms with Crippen molar-refractivity contribution in [1.29, 1.82) is 0 Å². The first-order chi connectivity index (χ1) is 15.0. The lowest BCUT2D eigenvalue weighted by Gasteiger charge is -2.36. The predicted octanol–water partition coefficient (Wildman–Crippen LogP) is 4.68. The summed E-state index contributed by atoms with van der Waals surface area (Å²) in [6, 6.07) is 14.1. The number of hydrogen-bond acceptors (Lipinski definition) is 4. The Labute approximate surface area is 188 Å². The fourth-order valence-corrected chi connectivity index (χ4v) is 4.39. The number of aromatic nitrogens is 2. The quantitative estimate of drug-likeness (QED) is 0.580. The van der Waals surface area contributed by atoms with E-state index in [1.807, 2.05) is 24.3 Å². The molecule has 31 heavy (non-hydrogen) atoms. The average Bonchev–Trinajstić information content (AvgIpc) is 3.08. The van der Waals surface area contributed by atoms with Crippen LogP contribution in [0.2, 0.25) is 5.02 Å². The average molecular weight is 440 g/mol. The number of unbranched alkanes of at least 4 members (excludes halogenated alkanes) is 1. The third-order valence-electron chi connectivity index (χ3n) is 5.95. The van der Waals surface area contributed by atoms with Crippen molar-refractivity contribution in [3.05, 3.63) is 53.3 Å². The molecule has 1 aliphatic heterocycles. The third-order valence-corrected chi connectivity index (χ3v) is 6.25. The number of imidazole rings is 1. The van der Waals surface area contributed by atoms with Crippen LogP contribution in [0, 0.1) is 0 Å². The lowest BCUT2D eigenvalue weighted by atomic mass is 10.2. The van der Waals surface area contributed by atoms with Gasteiger partial charge in [0.15, 0.2) is 0 Å². The van der Waals surface area contributed by atoms with Gasteiger partial charge < -0.3 is 14.8 Å². The predicted molar refractivity (Wildman–Crippen MR) is 128 cm³/mol. The smallest absolute Gasteiger partial charge is 0.224 e. The normalized spacial score (nSPS) is 14.9. The summed E-state index contributed by atoms with van der Waals surface area (Å²) in [4.78, 5) is 21.5. The van der Waals surface area contributed by atoms with Crippen molar-refractivity contribution in [3.8, 4) is 0 Å². The Bertz CT molecular complexity index is 1060. The highest BCUT2D eigenvalue weighted by molar-refractivity contribution is 6.33. The van der Waals surface area contributed by atoms with Crippen LogP contribution < -0.4 is 10.2 Å². The molecule has 1 aromatic heterocycles. The van der Waals surface area contributed by atoms with E-state index in [1.165, 1.54) is 5.52 Å². The van der Waals surface area contributed by atoms with E-state index in [0.717, 1.165) is 68.3 Å². The fraction of sp³-hybridized carbons (Fsp3) is 0.417. The number of rotatable bonds is 7. The first-order valence-electron chi connectivity index (χ1n) is 11.0. The van der Waals surface area contributed by atoms with E-state index < -0.39 is 0 Å². The zero-order valence-corrected chi connectivity index (χ0v) is 19.0. The molecule has 0 radical (unpaired) electrons. The van der Waals surface area contributed by atoms with Crippen LogP contribution in [0.4, 0.5) is 11.4 Å². The molecule has 2 heterocycles. The van der Waals surface area contributed by atoms with E-state index in [2.05, 4.69) is 51.9 Å². The second-order valence-corrected chi connectivity index (χ2v) is 8.56. The largest absolute Gasteiger partial charge is 0.368 e. The van der Waals surface area contributed by atoms with Gasteiger partial charge in [-0.05, 0) is 36.8 Å². The van der Waals surface area contributed by atoms with Crippen LogP contribution in [0.3, 0.4) is 0 Å². The van der Waals surface area contributed by atoms with Crippen LogP contribution in [-0.4, -0.2) is 46.5 Å². The summed E-state index contributed by atoms with van der Waals surface area (Å²) in [5.74, 6) is 1.14. The highest BCUT2D eigenvalue weighted by atomic mass is 35.5. The van der Waals surface area contributed by atoms with Crippen LogP contribution in [0.1, 0.15) is 32.0 Å². The number of benzene rings is 2. The number of carbonyl (C=O) groups is 1. The van der Waals surface area contributed by atoms with E-state index in [1.54, 1.807) is 0 Å². The molecule has 0 aliphatic carbocycles. The van der Waals surface area contributed by atoms with Crippen LogP contribution in [0.25, 0.3) is 11.0 Å². The van der Waals surface area contributed by atoms with E-state index in [0.29, 0.717) is 11.4 Å². The van der Waals surface area contributed by atoms with Crippen LogP contribution in [-0.2, 0) is 18.4 Å². The number of para-hydroxylation sites is 2. The number of carbonyl (C=O) groups excluding carboxylic acids is 1. The highest BCUT2D eigenvalue weighted by Gasteiger charge is 2.21. The van der Waals surface area contributed by atoms with Crippen LogP contribution in [0.15, 0.2) is 42.5 Å². The molecular formula is C24H30ClN5O. The Kier molecular flexibility index (Phi) is 6.78. The molecule has 4 rings (SSSR count). The van der Waals surface area contributed by atoms with Gasteiger partial charge in [-0.2, -0.15) is 0 Å². The molecule has 1 N–H and O–H groups in total. The number of hydrogen-bond donors (Lipinski definition) is 1. The van der Waals surface area contributed by atoms with Gasteiger partial charge in [0.05, 0.1) is 28.3 Å². The molecule has 2 aromatic carbocycles. The minimum absolute atomic E-state index is 0.0428. The standard InChI is InChI=1S/C24H30ClN5O/c1-3-4-9-24(31)26-18-10-11-21(19(25)16-18)30-14-12-29(13-15-30)17-23-27-20-7-5-6-8-22(20)28(23)2/h5-8,10-11,16H,3-4,9,12-15,17H2,1-2H3,(H,26,31). The van der Waals surface area contributed by atoms with Crippen molar-refractivity contribution in [2.24, 2.45) is 7.05 Å². The summed E-state index contributed by atoms with van der Waals surface area (Å²) in [7, 11) is 2.09. The van der Waals surface area contributed by atoms with Crippen LogP contribution in [0.5, 0.6) is 0 Å². The minimum Gasteiger partial charge on any atom is -0.368 e. The van der Waals surface area contributed by atoms with Gasteiger partial charge >= 0.3 is 0 Å². The van der Waals surface area contributed by atoms with Crippen molar-refractivity contribution in [3.63, 3.8) is 0 Å². The van der Waals surface area contributed by atoms with Gasteiger partial charge in [-0.15, -0.1) is 0 Å². The summed E-state index contributed by atoms with van der Waals surface area (Å²) >= 11 is 6.56. The van der Waals surface area contributed by atoms with Gasteiger partial charge in [0.2, 0.25) is 5.91 Å². The molecule has 3 aromatic rings. The maximum atomic E-state index is 12.0. The maximum absolute atomic E-state index is 12.0. The van der Waals surface area contributed by atoms with E-state index in [4.69, 9.17) is 16.6 Å². The molecule has 164 valence electrons. The third kappa shape index (κ3) is 5.02. The number of aryl methyl sites for hydroxylation is 1. The Morgan fingerprint density at radius 1 is 1.13 bits per heavy atom. The molecule has 6 nitrogen and oxygen atoms in total. The molecule has 1 saturated heterocycles. The number of nitrogens with one attached hydrogen (secondary N) is 1. The molecule has 0 saturated carbocycles. The van der Waals surface area contributed by atoms with E-state index in [-0.39, 0.29) is 5.91 Å². The summed E-state index contributed by atoms with van der Waals surface area (Å²) in [6.45, 7) is 6.65. The first-order valence-corrected chi connectivity index (χ1v) is 11.4. The van der Waals surface area contributed by atoms with Crippen molar-refractivity contribution >= 4 is 39.9 Å². The van der Waals surface area contributed by atoms with Gasteiger partial charge in [-0.25, -0.2) is 4.98 Å². The lowest BCUT2D eigenvalue weighted by molar-refractivity contribution is -0.116. The molecule has 7 heteroatoms. The monoisotopic (exact) mass is 439 g/mol. The second-order valence-electron chi connectivity index (χ2n) is 8.16. The Hall–Kier alpha value is -2.57. The van der Waals surface area contributed by atoms with Gasteiger partial charge in [-0.1, -0.05) is 37.1 Å². The summed E-state index contributed by atoms with van der Waals surface area (Å²) in [5.41, 5.74) is 4.00. The lowest BCUT2D eigenvalue weighted by Crippen LogP contribution is -2.46. The molecule has 0 bridgehead atoms. The number of nitrogens with zero attached hydrogens (tertiary/aromatic N) is 4. The van der Waals surface area contributed by atoms with E-state index in [9.17, 15) is 4.79 Å². The molecule has 1 aliphatic rings. The fourth-order valence-electron chi connectivity index (χ4n) is 4.09. The molecule has 1 fully saturated rings. The van der Waals surface area contributed by atoms with Gasteiger partial charge in [0.25, 0.3) is 0 Å². The maximum Gasteiger partial charge on any atom is 0.224 e. The molecule has 0 unspecified atom stereocenters. The van der Waals surface area contributed by atoms with Crippen LogP contribution >= 0.6 is 11.6 Å². The first kappa shape index (κ1) is 21.7. The second kappa shape index (κ2) is 9.71. The SMILES string of the molecule is CCCCC(=O)Nc1ccc(N2CCN(Cc3nc4ccccc4n3C)CC2)c(Cl)c1. The van der Waals surface area contributed by atoms with E-state index >= 15 is 0 Å². The van der Waals surface area contributed by atoms with Crippen molar-refractivity contribution in [1.82, 2.24) is 14.5 Å².